The number of aromatic nitrogens is 1. The normalized spacial score (nSPS) is 19.2. The first kappa shape index (κ1) is 20.8. The zero-order chi connectivity index (χ0) is 18.5. The van der Waals surface area contributed by atoms with Crippen molar-refractivity contribution in [3.8, 4) is 0 Å². The quantitative estimate of drug-likeness (QED) is 0.789. The van der Waals surface area contributed by atoms with E-state index in [2.05, 4.69) is 40.2 Å². The van der Waals surface area contributed by atoms with Crippen molar-refractivity contribution in [2.75, 3.05) is 39.3 Å². The fourth-order valence-electron chi connectivity index (χ4n) is 4.11. The van der Waals surface area contributed by atoms with Crippen molar-refractivity contribution in [2.24, 2.45) is 0 Å². The maximum atomic E-state index is 12.8. The van der Waals surface area contributed by atoms with Crippen LogP contribution < -0.4 is 0 Å². The van der Waals surface area contributed by atoms with Crippen molar-refractivity contribution in [1.29, 1.82) is 0 Å². The molecule has 4 rings (SSSR count). The molecule has 2 aromatic rings. The molecule has 3 heterocycles. The third-order valence-electron chi connectivity index (χ3n) is 5.77. The van der Waals surface area contributed by atoms with E-state index in [-0.39, 0.29) is 23.9 Å². The van der Waals surface area contributed by atoms with Gasteiger partial charge in [-0.25, -0.2) is 0 Å². The van der Waals surface area contributed by atoms with Crippen LogP contribution in [0.1, 0.15) is 28.8 Å². The summed E-state index contributed by atoms with van der Waals surface area (Å²) in [4.78, 5) is 21.3. The van der Waals surface area contributed by atoms with E-state index in [0.717, 1.165) is 38.9 Å². The van der Waals surface area contributed by atoms with Crippen LogP contribution in [0.5, 0.6) is 0 Å². The summed E-state index contributed by atoms with van der Waals surface area (Å²) in [5.41, 5.74) is 1.87. The average Bonchev–Trinajstić information content (AvgIpc) is 2.74. The molecule has 0 atom stereocenters. The second-order valence-electron chi connectivity index (χ2n) is 7.58. The molecule has 150 valence electrons. The predicted octanol–water partition coefficient (Wildman–Crippen LogP) is 3.05. The number of pyridine rings is 1. The number of likely N-dealkylation sites (tertiary alicyclic amines) is 1. The SMILES string of the molecule is Cl.O=C(c1cccnc1)N1CCOC2(CCN(CCc3ccccc3)CC2)C1. The van der Waals surface area contributed by atoms with Gasteiger partial charge in [-0.15, -0.1) is 12.4 Å². The molecule has 28 heavy (non-hydrogen) atoms. The van der Waals surface area contributed by atoms with Crippen LogP contribution in [0.4, 0.5) is 0 Å². The number of morpholine rings is 1. The highest BCUT2D eigenvalue weighted by atomic mass is 35.5. The minimum atomic E-state index is -0.181. The molecule has 1 spiro atoms. The Balaban J connectivity index is 0.00000225. The van der Waals surface area contributed by atoms with Crippen LogP contribution in [-0.2, 0) is 11.2 Å². The topological polar surface area (TPSA) is 45.7 Å². The van der Waals surface area contributed by atoms with Crippen LogP contribution in [0.25, 0.3) is 0 Å². The lowest BCUT2D eigenvalue weighted by molar-refractivity contribution is -0.127. The summed E-state index contributed by atoms with van der Waals surface area (Å²) >= 11 is 0. The highest BCUT2D eigenvalue weighted by molar-refractivity contribution is 5.94. The van der Waals surface area contributed by atoms with Gasteiger partial charge in [-0.1, -0.05) is 30.3 Å². The number of amides is 1. The standard InChI is InChI=1S/C22H27N3O2.ClH/c26-21(20-7-4-11-23-17-20)25-15-16-27-22(18-25)9-13-24(14-10-22)12-8-19-5-2-1-3-6-19;/h1-7,11,17H,8-10,12-16,18H2;1H. The Bertz CT molecular complexity index is 749. The van der Waals surface area contributed by atoms with Gasteiger partial charge in [0.2, 0.25) is 0 Å². The van der Waals surface area contributed by atoms with Crippen LogP contribution in [0.2, 0.25) is 0 Å². The lowest BCUT2D eigenvalue weighted by Gasteiger charge is -2.47. The van der Waals surface area contributed by atoms with Gasteiger partial charge in [0, 0.05) is 38.6 Å². The summed E-state index contributed by atoms with van der Waals surface area (Å²) in [6, 6.07) is 14.3. The zero-order valence-electron chi connectivity index (χ0n) is 16.1. The minimum absolute atomic E-state index is 0. The van der Waals surface area contributed by atoms with E-state index in [9.17, 15) is 4.79 Å². The molecule has 0 radical (unpaired) electrons. The van der Waals surface area contributed by atoms with Gasteiger partial charge in [-0.2, -0.15) is 0 Å². The van der Waals surface area contributed by atoms with E-state index < -0.39 is 0 Å². The van der Waals surface area contributed by atoms with E-state index in [1.165, 1.54) is 5.56 Å². The Hall–Kier alpha value is -1.95. The number of hydrogen-bond donors (Lipinski definition) is 0. The lowest BCUT2D eigenvalue weighted by Crippen LogP contribution is -2.58. The molecule has 1 amide bonds. The van der Waals surface area contributed by atoms with Crippen molar-refractivity contribution >= 4 is 18.3 Å². The van der Waals surface area contributed by atoms with Crippen LogP contribution >= 0.6 is 12.4 Å². The summed E-state index contributed by atoms with van der Waals surface area (Å²) in [5.74, 6) is 0.0669. The van der Waals surface area contributed by atoms with E-state index >= 15 is 0 Å². The number of ether oxygens (including phenoxy) is 1. The maximum absolute atomic E-state index is 12.8. The van der Waals surface area contributed by atoms with Gasteiger partial charge in [-0.3, -0.25) is 9.78 Å². The molecule has 0 N–H and O–H groups in total. The van der Waals surface area contributed by atoms with Gasteiger partial charge >= 0.3 is 0 Å². The number of carbonyl (C=O) groups is 1. The van der Waals surface area contributed by atoms with Crippen molar-refractivity contribution < 1.29 is 9.53 Å². The molecule has 2 aliphatic heterocycles. The van der Waals surface area contributed by atoms with E-state index in [1.54, 1.807) is 12.4 Å². The monoisotopic (exact) mass is 401 g/mol. The van der Waals surface area contributed by atoms with Crippen molar-refractivity contribution in [3.05, 3.63) is 66.0 Å². The Morgan fingerprint density at radius 1 is 1.07 bits per heavy atom. The highest BCUT2D eigenvalue weighted by Crippen LogP contribution is 2.30. The number of carbonyl (C=O) groups excluding carboxylic acids is 1. The maximum Gasteiger partial charge on any atom is 0.255 e. The number of benzene rings is 1. The molecule has 6 heteroatoms. The minimum Gasteiger partial charge on any atom is -0.371 e. The molecule has 2 aliphatic rings. The van der Waals surface area contributed by atoms with Crippen LogP contribution in [0.15, 0.2) is 54.9 Å². The lowest BCUT2D eigenvalue weighted by atomic mass is 9.89. The van der Waals surface area contributed by atoms with Gasteiger partial charge in [0.25, 0.3) is 5.91 Å². The summed E-state index contributed by atoms with van der Waals surface area (Å²) in [7, 11) is 0. The van der Waals surface area contributed by atoms with E-state index in [4.69, 9.17) is 4.74 Å². The first-order valence-electron chi connectivity index (χ1n) is 9.84. The Kier molecular flexibility index (Phi) is 7.05. The fourth-order valence-corrected chi connectivity index (χ4v) is 4.11. The van der Waals surface area contributed by atoms with E-state index in [1.807, 2.05) is 17.0 Å². The number of halogens is 1. The molecule has 1 aromatic heterocycles. The predicted molar refractivity (Wildman–Crippen MR) is 112 cm³/mol. The van der Waals surface area contributed by atoms with Crippen LogP contribution in [0.3, 0.4) is 0 Å². The number of hydrogen-bond acceptors (Lipinski definition) is 4. The fraction of sp³-hybridized carbons (Fsp3) is 0.455. The Morgan fingerprint density at radius 3 is 2.57 bits per heavy atom. The summed E-state index contributed by atoms with van der Waals surface area (Å²) in [6.07, 6.45) is 6.40. The molecule has 0 bridgehead atoms. The highest BCUT2D eigenvalue weighted by Gasteiger charge is 2.41. The second kappa shape index (κ2) is 9.50. The van der Waals surface area contributed by atoms with Crippen LogP contribution in [0, 0.1) is 0 Å². The van der Waals surface area contributed by atoms with E-state index in [0.29, 0.717) is 25.3 Å². The molecule has 0 saturated carbocycles. The van der Waals surface area contributed by atoms with Crippen LogP contribution in [-0.4, -0.2) is 65.6 Å². The van der Waals surface area contributed by atoms with Gasteiger partial charge in [0.15, 0.2) is 0 Å². The number of nitrogens with zero attached hydrogens (tertiary/aromatic N) is 3. The Morgan fingerprint density at radius 2 is 1.86 bits per heavy atom. The summed E-state index contributed by atoms with van der Waals surface area (Å²) < 4.78 is 6.20. The molecule has 5 nitrogen and oxygen atoms in total. The molecule has 0 aliphatic carbocycles. The first-order valence-corrected chi connectivity index (χ1v) is 9.84. The van der Waals surface area contributed by atoms with Crippen molar-refractivity contribution in [2.45, 2.75) is 24.9 Å². The largest absolute Gasteiger partial charge is 0.371 e. The molecule has 1 aromatic carbocycles. The molecular formula is C22H28ClN3O2. The summed E-state index contributed by atoms with van der Waals surface area (Å²) in [5, 5.41) is 0. The summed E-state index contributed by atoms with van der Waals surface area (Å²) in [6.45, 7) is 5.11. The smallest absolute Gasteiger partial charge is 0.255 e. The Labute approximate surface area is 173 Å². The molecule has 2 fully saturated rings. The average molecular weight is 402 g/mol. The van der Waals surface area contributed by atoms with Crippen molar-refractivity contribution in [1.82, 2.24) is 14.8 Å². The third kappa shape index (κ3) is 4.90. The zero-order valence-corrected chi connectivity index (χ0v) is 16.9. The molecular weight excluding hydrogens is 374 g/mol. The van der Waals surface area contributed by atoms with Gasteiger partial charge in [-0.05, 0) is 37.0 Å². The second-order valence-corrected chi connectivity index (χ2v) is 7.58. The first-order chi connectivity index (χ1) is 13.2. The molecule has 2 saturated heterocycles. The molecule has 0 unspecified atom stereocenters. The van der Waals surface area contributed by atoms with Gasteiger partial charge in [0.05, 0.1) is 24.3 Å². The van der Waals surface area contributed by atoms with Crippen molar-refractivity contribution in [3.63, 3.8) is 0 Å². The third-order valence-corrected chi connectivity index (χ3v) is 5.77. The number of piperidine rings is 1. The van der Waals surface area contributed by atoms with Gasteiger partial charge in [0.1, 0.15) is 0 Å². The number of rotatable bonds is 4. The van der Waals surface area contributed by atoms with Gasteiger partial charge < -0.3 is 14.5 Å².